The van der Waals surface area contributed by atoms with Gasteiger partial charge in [-0.15, -0.1) is 0 Å². The maximum atomic E-state index is 11.6. The number of carbonyl (C=O) groups is 1. The SMILES string of the molecule is CCC(O)C(CC)NC(=O)OCc1ccccc1. The molecule has 0 radical (unpaired) electrons. The first kappa shape index (κ1) is 14.5. The molecule has 18 heavy (non-hydrogen) atoms. The van der Waals surface area contributed by atoms with Crippen LogP contribution in [0.1, 0.15) is 32.3 Å². The lowest BCUT2D eigenvalue weighted by Gasteiger charge is -2.21. The molecule has 2 atom stereocenters. The molecular formula is C14H21NO3. The normalized spacial score (nSPS) is 13.7. The molecule has 1 amide bonds. The monoisotopic (exact) mass is 251 g/mol. The summed E-state index contributed by atoms with van der Waals surface area (Å²) in [5.41, 5.74) is 0.941. The third-order valence-electron chi connectivity index (χ3n) is 2.84. The van der Waals surface area contributed by atoms with Crippen molar-refractivity contribution in [3.8, 4) is 0 Å². The van der Waals surface area contributed by atoms with Crippen molar-refractivity contribution < 1.29 is 14.6 Å². The number of ether oxygens (including phenoxy) is 1. The van der Waals surface area contributed by atoms with Crippen LogP contribution in [0, 0.1) is 0 Å². The summed E-state index contributed by atoms with van der Waals surface area (Å²) in [5, 5.41) is 12.4. The highest BCUT2D eigenvalue weighted by Gasteiger charge is 2.18. The van der Waals surface area contributed by atoms with E-state index in [-0.39, 0.29) is 12.6 Å². The molecule has 0 aliphatic heterocycles. The van der Waals surface area contributed by atoms with Gasteiger partial charge in [-0.05, 0) is 18.4 Å². The van der Waals surface area contributed by atoms with E-state index in [2.05, 4.69) is 5.32 Å². The summed E-state index contributed by atoms with van der Waals surface area (Å²) in [4.78, 5) is 11.6. The summed E-state index contributed by atoms with van der Waals surface area (Å²) in [6.07, 6.45) is 0.268. The van der Waals surface area contributed by atoms with E-state index in [1.165, 1.54) is 0 Å². The number of carbonyl (C=O) groups excluding carboxylic acids is 1. The quantitative estimate of drug-likeness (QED) is 0.816. The molecule has 0 bridgehead atoms. The predicted octanol–water partition coefficient (Wildman–Crippen LogP) is 2.46. The van der Waals surface area contributed by atoms with Crippen LogP contribution < -0.4 is 5.32 Å². The first-order valence-electron chi connectivity index (χ1n) is 6.32. The van der Waals surface area contributed by atoms with E-state index in [1.807, 2.05) is 44.2 Å². The second kappa shape index (κ2) is 7.71. The molecule has 1 aromatic rings. The highest BCUT2D eigenvalue weighted by Crippen LogP contribution is 2.04. The van der Waals surface area contributed by atoms with E-state index in [9.17, 15) is 9.90 Å². The molecule has 0 aromatic heterocycles. The van der Waals surface area contributed by atoms with E-state index in [0.29, 0.717) is 12.8 Å². The Bertz CT molecular complexity index is 353. The average molecular weight is 251 g/mol. The Morgan fingerprint density at radius 1 is 1.28 bits per heavy atom. The highest BCUT2D eigenvalue weighted by molar-refractivity contribution is 5.67. The van der Waals surface area contributed by atoms with E-state index in [0.717, 1.165) is 5.56 Å². The molecule has 1 aromatic carbocycles. The summed E-state index contributed by atoms with van der Waals surface area (Å²) in [7, 11) is 0. The van der Waals surface area contributed by atoms with Gasteiger partial charge in [-0.3, -0.25) is 0 Å². The van der Waals surface area contributed by atoms with Crippen molar-refractivity contribution in [3.05, 3.63) is 35.9 Å². The maximum absolute atomic E-state index is 11.6. The van der Waals surface area contributed by atoms with Crippen molar-refractivity contribution in [1.29, 1.82) is 0 Å². The molecular weight excluding hydrogens is 230 g/mol. The minimum Gasteiger partial charge on any atom is -0.445 e. The van der Waals surface area contributed by atoms with Gasteiger partial charge in [0, 0.05) is 0 Å². The van der Waals surface area contributed by atoms with Gasteiger partial charge in [-0.2, -0.15) is 0 Å². The Kier molecular flexibility index (Phi) is 6.22. The minimum atomic E-state index is -0.528. The molecule has 4 nitrogen and oxygen atoms in total. The van der Waals surface area contributed by atoms with Gasteiger partial charge in [0.05, 0.1) is 12.1 Å². The molecule has 100 valence electrons. The standard InChI is InChI=1S/C14H21NO3/c1-3-12(13(16)4-2)15-14(17)18-10-11-8-6-5-7-9-11/h5-9,12-13,16H,3-4,10H2,1-2H3,(H,15,17). The summed E-state index contributed by atoms with van der Waals surface area (Å²) in [6.45, 7) is 4.04. The van der Waals surface area contributed by atoms with Crippen LogP contribution in [0.25, 0.3) is 0 Å². The van der Waals surface area contributed by atoms with E-state index < -0.39 is 12.2 Å². The van der Waals surface area contributed by atoms with Crippen LogP contribution in [0.4, 0.5) is 4.79 Å². The first-order chi connectivity index (χ1) is 8.67. The zero-order valence-electron chi connectivity index (χ0n) is 10.9. The van der Waals surface area contributed by atoms with Crippen LogP contribution in [0.2, 0.25) is 0 Å². The number of amides is 1. The number of hydrogen-bond donors (Lipinski definition) is 2. The third kappa shape index (κ3) is 4.75. The molecule has 0 spiro atoms. The van der Waals surface area contributed by atoms with Crippen LogP contribution in [0.15, 0.2) is 30.3 Å². The van der Waals surface area contributed by atoms with Crippen LogP contribution in [-0.2, 0) is 11.3 Å². The number of aliphatic hydroxyl groups excluding tert-OH is 1. The molecule has 0 fully saturated rings. The Morgan fingerprint density at radius 2 is 1.94 bits per heavy atom. The van der Waals surface area contributed by atoms with Crippen LogP contribution in [-0.4, -0.2) is 23.3 Å². The Morgan fingerprint density at radius 3 is 2.50 bits per heavy atom. The molecule has 0 aliphatic carbocycles. The number of rotatable bonds is 6. The van der Waals surface area contributed by atoms with E-state index in [4.69, 9.17) is 4.74 Å². The Labute approximate surface area is 108 Å². The van der Waals surface area contributed by atoms with Crippen molar-refractivity contribution in [3.63, 3.8) is 0 Å². The van der Waals surface area contributed by atoms with Crippen molar-refractivity contribution >= 4 is 6.09 Å². The smallest absolute Gasteiger partial charge is 0.407 e. The minimum absolute atomic E-state index is 0.241. The molecule has 0 saturated heterocycles. The number of hydrogen-bond acceptors (Lipinski definition) is 3. The summed E-state index contributed by atoms with van der Waals surface area (Å²) in [6, 6.07) is 9.24. The Hall–Kier alpha value is -1.55. The van der Waals surface area contributed by atoms with Crippen LogP contribution in [0.5, 0.6) is 0 Å². The van der Waals surface area contributed by atoms with Gasteiger partial charge in [0.2, 0.25) is 0 Å². The van der Waals surface area contributed by atoms with Gasteiger partial charge < -0.3 is 15.2 Å². The second-order valence-corrected chi connectivity index (χ2v) is 4.20. The fourth-order valence-electron chi connectivity index (χ4n) is 1.67. The highest BCUT2D eigenvalue weighted by atomic mass is 16.5. The van der Waals surface area contributed by atoms with Gasteiger partial charge in [-0.1, -0.05) is 44.2 Å². The van der Waals surface area contributed by atoms with Gasteiger partial charge in [0.15, 0.2) is 0 Å². The van der Waals surface area contributed by atoms with E-state index >= 15 is 0 Å². The van der Waals surface area contributed by atoms with Crippen molar-refractivity contribution in [2.75, 3.05) is 0 Å². The van der Waals surface area contributed by atoms with Crippen molar-refractivity contribution in [1.82, 2.24) is 5.32 Å². The van der Waals surface area contributed by atoms with E-state index in [1.54, 1.807) is 0 Å². The molecule has 2 N–H and O–H groups in total. The number of alkyl carbamates (subject to hydrolysis) is 1. The fraction of sp³-hybridized carbons (Fsp3) is 0.500. The largest absolute Gasteiger partial charge is 0.445 e. The summed E-state index contributed by atoms with van der Waals surface area (Å²) in [5.74, 6) is 0. The lowest BCUT2D eigenvalue weighted by Crippen LogP contribution is -2.42. The molecule has 1 rings (SSSR count). The lowest BCUT2D eigenvalue weighted by atomic mass is 10.1. The number of nitrogens with one attached hydrogen (secondary N) is 1. The van der Waals surface area contributed by atoms with Crippen molar-refractivity contribution in [2.45, 2.75) is 45.4 Å². The lowest BCUT2D eigenvalue weighted by molar-refractivity contribution is 0.0980. The maximum Gasteiger partial charge on any atom is 0.407 e. The number of benzene rings is 1. The molecule has 2 unspecified atom stereocenters. The molecule has 4 heteroatoms. The number of aliphatic hydroxyl groups is 1. The predicted molar refractivity (Wildman–Crippen MR) is 70.1 cm³/mol. The fourth-order valence-corrected chi connectivity index (χ4v) is 1.67. The zero-order chi connectivity index (χ0) is 13.4. The van der Waals surface area contributed by atoms with Crippen LogP contribution in [0.3, 0.4) is 0 Å². The van der Waals surface area contributed by atoms with Crippen LogP contribution >= 0.6 is 0 Å². The zero-order valence-corrected chi connectivity index (χ0v) is 10.9. The van der Waals surface area contributed by atoms with Crippen molar-refractivity contribution in [2.24, 2.45) is 0 Å². The third-order valence-corrected chi connectivity index (χ3v) is 2.84. The topological polar surface area (TPSA) is 58.6 Å². The Balaban J connectivity index is 2.37. The average Bonchev–Trinajstić information content (AvgIpc) is 2.42. The summed E-state index contributed by atoms with van der Waals surface area (Å²) < 4.78 is 5.09. The van der Waals surface area contributed by atoms with Gasteiger partial charge >= 0.3 is 6.09 Å². The molecule has 0 aliphatic rings. The van der Waals surface area contributed by atoms with Gasteiger partial charge in [-0.25, -0.2) is 4.79 Å². The molecule has 0 heterocycles. The summed E-state index contributed by atoms with van der Waals surface area (Å²) >= 11 is 0. The first-order valence-corrected chi connectivity index (χ1v) is 6.32. The van der Waals surface area contributed by atoms with Gasteiger partial charge in [0.1, 0.15) is 6.61 Å². The molecule has 0 saturated carbocycles. The second-order valence-electron chi connectivity index (χ2n) is 4.20. The van der Waals surface area contributed by atoms with Gasteiger partial charge in [0.25, 0.3) is 0 Å².